The van der Waals surface area contributed by atoms with E-state index in [2.05, 4.69) is 54.7 Å². The Kier molecular flexibility index (Phi) is 7.20. The van der Waals surface area contributed by atoms with Crippen molar-refractivity contribution < 1.29 is 14.4 Å². The number of nitrogens with one attached hydrogen (secondary N) is 2. The first-order valence-corrected chi connectivity index (χ1v) is 16.3. The molecule has 1 saturated carbocycles. The average molecular weight is 607 g/mol. The van der Waals surface area contributed by atoms with E-state index < -0.39 is 11.9 Å². The van der Waals surface area contributed by atoms with Crippen molar-refractivity contribution in [2.75, 3.05) is 36.4 Å². The van der Waals surface area contributed by atoms with Gasteiger partial charge in [0.1, 0.15) is 6.04 Å². The number of pyridine rings is 1. The molecule has 3 amide bonds. The van der Waals surface area contributed by atoms with Gasteiger partial charge in [0.25, 0.3) is 5.91 Å². The molecule has 0 spiro atoms. The number of benzene rings is 1. The van der Waals surface area contributed by atoms with Crippen molar-refractivity contribution in [2.45, 2.75) is 75.5 Å². The molecular formula is C34H38N8O3. The molecule has 0 radical (unpaired) electrons. The predicted molar refractivity (Wildman–Crippen MR) is 168 cm³/mol. The van der Waals surface area contributed by atoms with Crippen LogP contribution in [0.25, 0.3) is 0 Å². The summed E-state index contributed by atoms with van der Waals surface area (Å²) in [6, 6.07) is 12.6. The van der Waals surface area contributed by atoms with Crippen molar-refractivity contribution in [3.8, 4) is 0 Å². The number of rotatable bonds is 8. The highest BCUT2D eigenvalue weighted by Gasteiger charge is 2.40. The van der Waals surface area contributed by atoms with Gasteiger partial charge in [0.2, 0.25) is 17.8 Å². The van der Waals surface area contributed by atoms with Gasteiger partial charge in [0.15, 0.2) is 0 Å². The van der Waals surface area contributed by atoms with E-state index in [1.54, 1.807) is 4.90 Å². The zero-order valence-electron chi connectivity index (χ0n) is 25.3. The summed E-state index contributed by atoms with van der Waals surface area (Å²) < 4.78 is 0. The summed E-state index contributed by atoms with van der Waals surface area (Å²) >= 11 is 0. The number of imide groups is 1. The third kappa shape index (κ3) is 5.77. The van der Waals surface area contributed by atoms with Crippen LogP contribution in [-0.4, -0.2) is 80.7 Å². The zero-order chi connectivity index (χ0) is 30.5. The Bertz CT molecular complexity index is 1610. The summed E-state index contributed by atoms with van der Waals surface area (Å²) in [5.74, 6) is 0.896. The van der Waals surface area contributed by atoms with Crippen LogP contribution in [0.1, 0.15) is 83.2 Å². The molecule has 1 aromatic carbocycles. The van der Waals surface area contributed by atoms with Crippen LogP contribution in [0.4, 0.5) is 11.6 Å². The second-order valence-corrected chi connectivity index (χ2v) is 13.2. The van der Waals surface area contributed by atoms with Gasteiger partial charge in [-0.3, -0.25) is 29.6 Å². The molecule has 0 bridgehead atoms. The molecule has 8 rings (SSSR count). The number of hydrogen-bond acceptors (Lipinski definition) is 9. The van der Waals surface area contributed by atoms with E-state index in [1.807, 2.05) is 24.5 Å². The monoisotopic (exact) mass is 606 g/mol. The fourth-order valence-electron chi connectivity index (χ4n) is 7.14. The SMILES string of the molecule is O=C1CCC(N2Cc3nc(C4CN(Cc5ccc(N6CCC(Nc7ncc(C8CC8)cn7)CC6)cc5)C4)ccc3C2=O)C(=O)N1. The maximum absolute atomic E-state index is 13.0. The normalized spacial score (nSPS) is 22.8. The summed E-state index contributed by atoms with van der Waals surface area (Å²) in [7, 11) is 0. The van der Waals surface area contributed by atoms with Gasteiger partial charge in [-0.25, -0.2) is 9.97 Å². The Morgan fingerprint density at radius 1 is 0.867 bits per heavy atom. The molecular weight excluding hydrogens is 568 g/mol. The molecule has 2 aromatic heterocycles. The standard InChI is InChI=1S/C34H38N8O3/c43-31-10-9-30(32(44)39-31)42-20-29-27(33(42)45)7-8-28(38-29)24-18-40(19-24)17-21-1-5-26(6-2-21)41-13-11-25(12-14-41)37-34-35-15-23(16-36-34)22-3-4-22/h1-2,5-8,15-16,22,24-25,30H,3-4,9-14,17-20H2,(H,35,36,37)(H,39,43,44). The van der Waals surface area contributed by atoms with Crippen LogP contribution < -0.4 is 15.5 Å². The van der Waals surface area contributed by atoms with Gasteiger partial charge < -0.3 is 15.1 Å². The first-order valence-electron chi connectivity index (χ1n) is 16.3. The number of fused-ring (bicyclic) bond motifs is 1. The summed E-state index contributed by atoms with van der Waals surface area (Å²) in [4.78, 5) is 57.2. The van der Waals surface area contributed by atoms with E-state index in [1.165, 1.54) is 29.7 Å². The quantitative estimate of drug-likeness (QED) is 0.372. The van der Waals surface area contributed by atoms with Gasteiger partial charge in [-0.1, -0.05) is 12.1 Å². The number of nitrogens with zero attached hydrogens (tertiary/aromatic N) is 6. The van der Waals surface area contributed by atoms with E-state index in [0.29, 0.717) is 36.4 Å². The fourth-order valence-corrected chi connectivity index (χ4v) is 7.14. The molecule has 1 atom stereocenters. The van der Waals surface area contributed by atoms with E-state index >= 15 is 0 Å². The Morgan fingerprint density at radius 3 is 2.33 bits per heavy atom. The van der Waals surface area contributed by atoms with Crippen molar-refractivity contribution in [2.24, 2.45) is 0 Å². The van der Waals surface area contributed by atoms with Crippen molar-refractivity contribution in [1.29, 1.82) is 0 Å². The molecule has 3 saturated heterocycles. The molecule has 232 valence electrons. The number of hydrogen-bond donors (Lipinski definition) is 2. The molecule has 11 nitrogen and oxygen atoms in total. The predicted octanol–water partition coefficient (Wildman–Crippen LogP) is 3.19. The lowest BCUT2D eigenvalue weighted by molar-refractivity contribution is -0.136. The number of piperidine rings is 2. The third-order valence-corrected chi connectivity index (χ3v) is 10.0. The fraction of sp³-hybridized carbons (Fsp3) is 0.471. The van der Waals surface area contributed by atoms with Crippen LogP contribution in [0, 0.1) is 0 Å². The molecule has 11 heteroatoms. The summed E-state index contributed by atoms with van der Waals surface area (Å²) in [6.07, 6.45) is 9.23. The molecule has 5 aliphatic rings. The molecule has 1 unspecified atom stereocenters. The van der Waals surface area contributed by atoms with E-state index in [4.69, 9.17) is 4.98 Å². The van der Waals surface area contributed by atoms with Crippen molar-refractivity contribution >= 4 is 29.4 Å². The van der Waals surface area contributed by atoms with E-state index in [-0.39, 0.29) is 18.2 Å². The number of amides is 3. The molecule has 1 aliphatic carbocycles. The second-order valence-electron chi connectivity index (χ2n) is 13.2. The highest BCUT2D eigenvalue weighted by atomic mass is 16.2. The van der Waals surface area contributed by atoms with Crippen LogP contribution in [0.2, 0.25) is 0 Å². The van der Waals surface area contributed by atoms with Crippen LogP contribution >= 0.6 is 0 Å². The first-order chi connectivity index (χ1) is 22.0. The van der Waals surface area contributed by atoms with Crippen LogP contribution in [0.3, 0.4) is 0 Å². The van der Waals surface area contributed by atoms with Crippen LogP contribution in [0.15, 0.2) is 48.8 Å². The first kappa shape index (κ1) is 28.1. The third-order valence-electron chi connectivity index (χ3n) is 10.0. The average Bonchev–Trinajstić information content (AvgIpc) is 3.83. The van der Waals surface area contributed by atoms with Gasteiger partial charge in [-0.15, -0.1) is 0 Å². The van der Waals surface area contributed by atoms with Gasteiger partial charge in [0, 0.05) is 74.9 Å². The van der Waals surface area contributed by atoms with Gasteiger partial charge in [-0.05, 0) is 73.4 Å². The maximum Gasteiger partial charge on any atom is 0.256 e. The molecule has 4 aliphatic heterocycles. The molecule has 4 fully saturated rings. The summed E-state index contributed by atoms with van der Waals surface area (Å²) in [5.41, 5.74) is 6.13. The molecule has 3 aromatic rings. The van der Waals surface area contributed by atoms with Crippen molar-refractivity contribution in [3.05, 3.63) is 76.9 Å². The lowest BCUT2D eigenvalue weighted by atomic mass is 9.94. The van der Waals surface area contributed by atoms with Crippen LogP contribution in [-0.2, 0) is 22.7 Å². The van der Waals surface area contributed by atoms with Gasteiger partial charge >= 0.3 is 0 Å². The number of likely N-dealkylation sites (tertiary alicyclic amines) is 1. The molecule has 2 N–H and O–H groups in total. The minimum atomic E-state index is -0.614. The molecule has 45 heavy (non-hydrogen) atoms. The number of anilines is 2. The maximum atomic E-state index is 13.0. The van der Waals surface area contributed by atoms with Gasteiger partial charge in [-0.2, -0.15) is 0 Å². The summed E-state index contributed by atoms with van der Waals surface area (Å²) in [6.45, 7) is 5.08. The van der Waals surface area contributed by atoms with E-state index in [9.17, 15) is 14.4 Å². The Hall–Kier alpha value is -4.38. The smallest absolute Gasteiger partial charge is 0.256 e. The zero-order valence-corrected chi connectivity index (χ0v) is 25.3. The number of carbonyl (C=O) groups excluding carboxylic acids is 3. The Balaban J connectivity index is 0.801. The Morgan fingerprint density at radius 2 is 1.62 bits per heavy atom. The molecule has 6 heterocycles. The highest BCUT2D eigenvalue weighted by molar-refractivity contribution is 6.05. The minimum Gasteiger partial charge on any atom is -0.371 e. The lowest BCUT2D eigenvalue weighted by Gasteiger charge is -2.39. The van der Waals surface area contributed by atoms with Crippen molar-refractivity contribution in [3.63, 3.8) is 0 Å². The number of aromatic nitrogens is 3. The largest absolute Gasteiger partial charge is 0.371 e. The Labute approximate surface area is 262 Å². The number of carbonyl (C=O) groups is 3. The van der Waals surface area contributed by atoms with E-state index in [0.717, 1.165) is 62.9 Å². The second kappa shape index (κ2) is 11.5. The topological polar surface area (TPSA) is 124 Å². The van der Waals surface area contributed by atoms with Crippen LogP contribution in [0.5, 0.6) is 0 Å². The van der Waals surface area contributed by atoms with Gasteiger partial charge in [0.05, 0.1) is 17.8 Å². The minimum absolute atomic E-state index is 0.179. The van der Waals surface area contributed by atoms with Crippen molar-refractivity contribution in [1.82, 2.24) is 30.1 Å². The summed E-state index contributed by atoms with van der Waals surface area (Å²) in [5, 5.41) is 5.88. The lowest BCUT2D eigenvalue weighted by Crippen LogP contribution is -2.52. The highest BCUT2D eigenvalue weighted by Crippen LogP contribution is 2.39.